The van der Waals surface area contributed by atoms with E-state index in [1.54, 1.807) is 24.3 Å². The molecule has 0 amide bonds. The normalized spacial score (nSPS) is 22.6. The van der Waals surface area contributed by atoms with E-state index in [9.17, 15) is 8.42 Å². The summed E-state index contributed by atoms with van der Waals surface area (Å²) in [5.74, 6) is 0. The fraction of sp³-hybridized carbons (Fsp3) is 0.455. The average molecular weight is 319 g/mol. The third-order valence-electron chi connectivity index (χ3n) is 2.87. The lowest BCUT2D eigenvalue weighted by Gasteiger charge is -2.29. The van der Waals surface area contributed by atoms with Crippen LogP contribution in [0.4, 0.5) is 0 Å². The first kappa shape index (κ1) is 13.0. The molecule has 17 heavy (non-hydrogen) atoms. The first-order valence-electron chi connectivity index (χ1n) is 5.51. The Bertz CT molecular complexity index is 487. The fourth-order valence-corrected chi connectivity index (χ4v) is 3.75. The molecule has 0 saturated carbocycles. The van der Waals surface area contributed by atoms with Crippen molar-refractivity contribution in [1.29, 1.82) is 0 Å². The summed E-state index contributed by atoms with van der Waals surface area (Å²) in [4.78, 5) is 0.329. The zero-order valence-corrected chi connectivity index (χ0v) is 11.7. The van der Waals surface area contributed by atoms with E-state index in [0.717, 1.165) is 17.3 Å². The van der Waals surface area contributed by atoms with Crippen molar-refractivity contribution in [1.82, 2.24) is 4.31 Å². The summed E-state index contributed by atoms with van der Waals surface area (Å²) in [7, 11) is -3.38. The molecule has 1 atom stereocenters. The van der Waals surface area contributed by atoms with Crippen LogP contribution >= 0.6 is 15.9 Å². The number of nitrogens with zero attached hydrogens (tertiary/aromatic N) is 1. The van der Waals surface area contributed by atoms with Crippen LogP contribution in [0.25, 0.3) is 0 Å². The van der Waals surface area contributed by atoms with Gasteiger partial charge in [0.15, 0.2) is 0 Å². The predicted molar refractivity (Wildman–Crippen MR) is 70.1 cm³/mol. The summed E-state index contributed by atoms with van der Waals surface area (Å²) in [5, 5.41) is 0. The number of hydrogen-bond donors (Lipinski definition) is 1. The van der Waals surface area contributed by atoms with Crippen molar-refractivity contribution in [2.24, 2.45) is 5.73 Å². The number of hydrogen-bond acceptors (Lipinski definition) is 3. The third kappa shape index (κ3) is 2.88. The maximum absolute atomic E-state index is 12.3. The van der Waals surface area contributed by atoms with Crippen molar-refractivity contribution in [3.05, 3.63) is 28.7 Å². The van der Waals surface area contributed by atoms with Gasteiger partial charge < -0.3 is 5.73 Å². The van der Waals surface area contributed by atoms with Crippen LogP contribution in [-0.2, 0) is 10.0 Å². The van der Waals surface area contributed by atoms with Crippen molar-refractivity contribution in [2.75, 3.05) is 13.1 Å². The molecule has 1 heterocycles. The highest BCUT2D eigenvalue weighted by molar-refractivity contribution is 9.10. The van der Waals surface area contributed by atoms with Crippen LogP contribution in [0.3, 0.4) is 0 Å². The Morgan fingerprint density at radius 1 is 1.29 bits per heavy atom. The molecule has 1 aromatic carbocycles. The van der Waals surface area contributed by atoms with Crippen molar-refractivity contribution in [3.63, 3.8) is 0 Å². The standard InChI is InChI=1S/C11H15BrN2O2S/c12-9-3-5-11(6-4-9)17(15,16)14-7-1-2-10(13)8-14/h3-6,10H,1-2,7-8,13H2. The molecular formula is C11H15BrN2O2S. The molecule has 94 valence electrons. The van der Waals surface area contributed by atoms with Crippen LogP contribution in [0.5, 0.6) is 0 Å². The molecule has 4 nitrogen and oxygen atoms in total. The number of benzene rings is 1. The maximum Gasteiger partial charge on any atom is 0.243 e. The van der Waals surface area contributed by atoms with Gasteiger partial charge in [0.2, 0.25) is 10.0 Å². The summed E-state index contributed by atoms with van der Waals surface area (Å²) >= 11 is 3.29. The summed E-state index contributed by atoms with van der Waals surface area (Å²) in [6.45, 7) is 0.977. The zero-order chi connectivity index (χ0) is 12.5. The smallest absolute Gasteiger partial charge is 0.243 e. The Kier molecular flexibility index (Phi) is 3.87. The minimum Gasteiger partial charge on any atom is -0.327 e. The molecule has 6 heteroatoms. The van der Waals surface area contributed by atoms with Gasteiger partial charge in [-0.3, -0.25) is 0 Å². The van der Waals surface area contributed by atoms with Gasteiger partial charge in [-0.1, -0.05) is 15.9 Å². The minimum absolute atomic E-state index is 0.0472. The van der Waals surface area contributed by atoms with E-state index in [1.165, 1.54) is 4.31 Å². The van der Waals surface area contributed by atoms with Gasteiger partial charge in [0.25, 0.3) is 0 Å². The molecule has 2 rings (SSSR count). The Balaban J connectivity index is 2.26. The molecule has 1 aromatic rings. The predicted octanol–water partition coefficient (Wildman–Crippen LogP) is 1.56. The second-order valence-electron chi connectivity index (χ2n) is 4.22. The van der Waals surface area contributed by atoms with E-state index >= 15 is 0 Å². The van der Waals surface area contributed by atoms with Crippen LogP contribution in [0, 0.1) is 0 Å². The van der Waals surface area contributed by atoms with Gasteiger partial charge in [0.1, 0.15) is 0 Å². The fourth-order valence-electron chi connectivity index (χ4n) is 1.95. The molecule has 1 fully saturated rings. The first-order chi connectivity index (χ1) is 8.00. The number of rotatable bonds is 2. The molecule has 0 radical (unpaired) electrons. The SMILES string of the molecule is NC1CCCN(S(=O)(=O)c2ccc(Br)cc2)C1. The average Bonchev–Trinajstić information content (AvgIpc) is 2.29. The summed E-state index contributed by atoms with van der Waals surface area (Å²) in [5.41, 5.74) is 5.81. The quantitative estimate of drug-likeness (QED) is 0.900. The lowest BCUT2D eigenvalue weighted by atomic mass is 10.1. The van der Waals surface area contributed by atoms with Crippen LogP contribution in [0.15, 0.2) is 33.6 Å². The van der Waals surface area contributed by atoms with E-state index in [2.05, 4.69) is 15.9 Å². The lowest BCUT2D eigenvalue weighted by molar-refractivity contribution is 0.316. The Hall–Kier alpha value is -0.430. The van der Waals surface area contributed by atoms with Crippen LogP contribution in [0.2, 0.25) is 0 Å². The zero-order valence-electron chi connectivity index (χ0n) is 9.34. The second kappa shape index (κ2) is 5.06. The molecular weight excluding hydrogens is 304 g/mol. The number of nitrogens with two attached hydrogens (primary N) is 1. The lowest BCUT2D eigenvalue weighted by Crippen LogP contribution is -2.45. The topological polar surface area (TPSA) is 63.4 Å². The highest BCUT2D eigenvalue weighted by Crippen LogP contribution is 2.21. The van der Waals surface area contributed by atoms with Gasteiger partial charge in [-0.15, -0.1) is 0 Å². The van der Waals surface area contributed by atoms with E-state index < -0.39 is 10.0 Å². The molecule has 1 unspecified atom stereocenters. The van der Waals surface area contributed by atoms with E-state index in [1.807, 2.05) is 0 Å². The molecule has 0 bridgehead atoms. The van der Waals surface area contributed by atoms with Gasteiger partial charge in [0.05, 0.1) is 4.90 Å². The first-order valence-corrected chi connectivity index (χ1v) is 7.75. The number of sulfonamides is 1. The summed E-state index contributed by atoms with van der Waals surface area (Å²) < 4.78 is 26.9. The van der Waals surface area contributed by atoms with Crippen LogP contribution in [0.1, 0.15) is 12.8 Å². The molecule has 2 N–H and O–H groups in total. The van der Waals surface area contributed by atoms with Crippen molar-refractivity contribution >= 4 is 26.0 Å². The highest BCUT2D eigenvalue weighted by Gasteiger charge is 2.28. The van der Waals surface area contributed by atoms with E-state index in [0.29, 0.717) is 18.0 Å². The minimum atomic E-state index is -3.38. The molecule has 1 aliphatic rings. The Morgan fingerprint density at radius 2 is 1.94 bits per heavy atom. The van der Waals surface area contributed by atoms with E-state index in [4.69, 9.17) is 5.73 Å². The van der Waals surface area contributed by atoms with E-state index in [-0.39, 0.29) is 6.04 Å². The Morgan fingerprint density at radius 3 is 2.53 bits per heavy atom. The molecule has 1 saturated heterocycles. The summed E-state index contributed by atoms with van der Waals surface area (Å²) in [6.07, 6.45) is 1.73. The van der Waals surface area contributed by atoms with Gasteiger partial charge in [0, 0.05) is 23.6 Å². The third-order valence-corrected chi connectivity index (χ3v) is 5.28. The molecule has 0 spiro atoms. The molecule has 1 aliphatic heterocycles. The maximum atomic E-state index is 12.3. The van der Waals surface area contributed by atoms with Gasteiger partial charge >= 0.3 is 0 Å². The van der Waals surface area contributed by atoms with Crippen molar-refractivity contribution in [3.8, 4) is 0 Å². The van der Waals surface area contributed by atoms with Crippen LogP contribution < -0.4 is 5.73 Å². The largest absolute Gasteiger partial charge is 0.327 e. The van der Waals surface area contributed by atoms with Gasteiger partial charge in [-0.2, -0.15) is 4.31 Å². The van der Waals surface area contributed by atoms with Gasteiger partial charge in [-0.25, -0.2) is 8.42 Å². The monoisotopic (exact) mass is 318 g/mol. The Labute approximate surface area is 110 Å². The highest BCUT2D eigenvalue weighted by atomic mass is 79.9. The second-order valence-corrected chi connectivity index (χ2v) is 7.07. The van der Waals surface area contributed by atoms with Crippen molar-refractivity contribution < 1.29 is 8.42 Å². The summed E-state index contributed by atoms with van der Waals surface area (Å²) in [6, 6.07) is 6.64. The molecule has 0 aliphatic carbocycles. The van der Waals surface area contributed by atoms with Crippen molar-refractivity contribution in [2.45, 2.75) is 23.8 Å². The number of piperidine rings is 1. The van der Waals surface area contributed by atoms with Crippen LogP contribution in [-0.4, -0.2) is 31.9 Å². The molecule has 0 aromatic heterocycles. The van der Waals surface area contributed by atoms with Gasteiger partial charge in [-0.05, 0) is 37.1 Å². The number of halogens is 1.